The molecule has 118 valence electrons. The van der Waals surface area contributed by atoms with Crippen molar-refractivity contribution in [3.63, 3.8) is 0 Å². The molecule has 0 aliphatic rings. The SMILES string of the molecule is C=CCCCCCCc1ccc(CCCCCCC=C)o1. The van der Waals surface area contributed by atoms with Crippen LogP contribution in [-0.2, 0) is 12.8 Å². The van der Waals surface area contributed by atoms with Crippen molar-refractivity contribution < 1.29 is 4.42 Å². The Balaban J connectivity index is 2.04. The first-order valence-corrected chi connectivity index (χ1v) is 8.66. The molecule has 0 saturated carbocycles. The number of allylic oxidation sites excluding steroid dienone is 2. The standard InChI is InChI=1S/C20H32O/c1-3-5-7-9-11-13-15-19-17-18-20(21-19)16-14-12-10-8-6-4-2/h3-4,17-18H,1-2,5-16H2. The molecular weight excluding hydrogens is 256 g/mol. The van der Waals surface area contributed by atoms with Gasteiger partial charge in [-0.15, -0.1) is 13.2 Å². The van der Waals surface area contributed by atoms with Crippen LogP contribution in [0.15, 0.2) is 41.9 Å². The molecule has 0 aliphatic carbocycles. The van der Waals surface area contributed by atoms with E-state index in [1.54, 1.807) is 0 Å². The maximum Gasteiger partial charge on any atom is 0.104 e. The van der Waals surface area contributed by atoms with Gasteiger partial charge in [0.1, 0.15) is 11.5 Å². The van der Waals surface area contributed by atoms with Crippen molar-refractivity contribution in [3.05, 3.63) is 49.0 Å². The fraction of sp³-hybridized carbons (Fsp3) is 0.600. The second-order valence-corrected chi connectivity index (χ2v) is 5.85. The van der Waals surface area contributed by atoms with Gasteiger partial charge in [0.2, 0.25) is 0 Å². The van der Waals surface area contributed by atoms with Gasteiger partial charge in [0.05, 0.1) is 0 Å². The monoisotopic (exact) mass is 288 g/mol. The van der Waals surface area contributed by atoms with Crippen LogP contribution in [0.4, 0.5) is 0 Å². The first kappa shape index (κ1) is 17.8. The van der Waals surface area contributed by atoms with E-state index in [9.17, 15) is 0 Å². The van der Waals surface area contributed by atoms with E-state index in [4.69, 9.17) is 4.42 Å². The van der Waals surface area contributed by atoms with Crippen LogP contribution >= 0.6 is 0 Å². The molecule has 0 saturated heterocycles. The summed E-state index contributed by atoms with van der Waals surface area (Å²) in [6, 6.07) is 4.33. The third-order valence-electron chi connectivity index (χ3n) is 3.88. The van der Waals surface area contributed by atoms with Gasteiger partial charge in [0.25, 0.3) is 0 Å². The Bertz CT molecular complexity index is 340. The Kier molecular flexibility index (Phi) is 10.6. The van der Waals surface area contributed by atoms with Gasteiger partial charge in [-0.1, -0.05) is 37.8 Å². The predicted molar refractivity (Wildman–Crippen MR) is 92.7 cm³/mol. The van der Waals surface area contributed by atoms with Gasteiger partial charge >= 0.3 is 0 Å². The van der Waals surface area contributed by atoms with Crippen LogP contribution in [0.1, 0.15) is 75.7 Å². The minimum absolute atomic E-state index is 1.09. The maximum absolute atomic E-state index is 5.91. The number of rotatable bonds is 14. The first-order chi connectivity index (χ1) is 10.4. The molecule has 0 fully saturated rings. The van der Waals surface area contributed by atoms with Crippen molar-refractivity contribution in [2.75, 3.05) is 0 Å². The number of aryl methyl sites for hydroxylation is 2. The van der Waals surface area contributed by atoms with Gasteiger partial charge in [-0.2, -0.15) is 0 Å². The smallest absolute Gasteiger partial charge is 0.104 e. The molecule has 1 nitrogen and oxygen atoms in total. The largest absolute Gasteiger partial charge is 0.466 e. The van der Waals surface area contributed by atoms with E-state index < -0.39 is 0 Å². The molecule has 1 heteroatoms. The van der Waals surface area contributed by atoms with Crippen LogP contribution in [0.2, 0.25) is 0 Å². The zero-order valence-electron chi connectivity index (χ0n) is 13.6. The quantitative estimate of drug-likeness (QED) is 0.276. The second kappa shape index (κ2) is 12.5. The van der Waals surface area contributed by atoms with E-state index >= 15 is 0 Å². The summed E-state index contributed by atoms with van der Waals surface area (Å²) in [5, 5.41) is 0. The van der Waals surface area contributed by atoms with Crippen molar-refractivity contribution in [1.29, 1.82) is 0 Å². The van der Waals surface area contributed by atoms with E-state index in [1.807, 2.05) is 12.2 Å². The summed E-state index contributed by atoms with van der Waals surface area (Å²) >= 11 is 0. The fourth-order valence-electron chi connectivity index (χ4n) is 2.57. The number of hydrogen-bond donors (Lipinski definition) is 0. The van der Waals surface area contributed by atoms with Crippen LogP contribution < -0.4 is 0 Å². The normalized spacial score (nSPS) is 10.7. The minimum Gasteiger partial charge on any atom is -0.466 e. The third kappa shape index (κ3) is 9.33. The van der Waals surface area contributed by atoms with Crippen LogP contribution in [-0.4, -0.2) is 0 Å². The topological polar surface area (TPSA) is 13.1 Å². The average Bonchev–Trinajstić information content (AvgIpc) is 2.94. The molecule has 0 N–H and O–H groups in total. The van der Waals surface area contributed by atoms with Crippen molar-refractivity contribution in [2.24, 2.45) is 0 Å². The minimum atomic E-state index is 1.09. The highest BCUT2D eigenvalue weighted by atomic mass is 16.3. The van der Waals surface area contributed by atoms with Gasteiger partial charge in [0.15, 0.2) is 0 Å². The highest BCUT2D eigenvalue weighted by molar-refractivity contribution is 5.07. The van der Waals surface area contributed by atoms with Crippen LogP contribution in [0, 0.1) is 0 Å². The number of hydrogen-bond acceptors (Lipinski definition) is 1. The summed E-state index contributed by atoms with van der Waals surface area (Å²) in [6.07, 6.45) is 18.8. The lowest BCUT2D eigenvalue weighted by Crippen LogP contribution is -1.85. The zero-order chi connectivity index (χ0) is 15.2. The lowest BCUT2D eigenvalue weighted by Gasteiger charge is -2.00. The highest BCUT2D eigenvalue weighted by Crippen LogP contribution is 2.15. The molecule has 0 aliphatic heterocycles. The molecule has 0 bridgehead atoms. The summed E-state index contributed by atoms with van der Waals surface area (Å²) in [6.45, 7) is 7.51. The summed E-state index contributed by atoms with van der Waals surface area (Å²) in [4.78, 5) is 0. The molecule has 1 aromatic heterocycles. The van der Waals surface area contributed by atoms with E-state index in [1.165, 1.54) is 62.9 Å². The Morgan fingerprint density at radius 1 is 0.667 bits per heavy atom. The van der Waals surface area contributed by atoms with Gasteiger partial charge in [-0.05, 0) is 50.7 Å². The molecule has 0 spiro atoms. The molecule has 1 rings (SSSR count). The number of unbranched alkanes of at least 4 members (excludes halogenated alkanes) is 8. The Morgan fingerprint density at radius 2 is 1.10 bits per heavy atom. The summed E-state index contributed by atoms with van der Waals surface area (Å²) in [5.74, 6) is 2.33. The molecule has 1 aromatic rings. The van der Waals surface area contributed by atoms with Crippen molar-refractivity contribution in [3.8, 4) is 0 Å². The van der Waals surface area contributed by atoms with Crippen LogP contribution in [0.25, 0.3) is 0 Å². The van der Waals surface area contributed by atoms with Gasteiger partial charge < -0.3 is 4.42 Å². The maximum atomic E-state index is 5.91. The molecule has 1 heterocycles. The summed E-state index contributed by atoms with van der Waals surface area (Å²) < 4.78 is 5.91. The molecule has 21 heavy (non-hydrogen) atoms. The summed E-state index contributed by atoms with van der Waals surface area (Å²) in [5.41, 5.74) is 0. The van der Waals surface area contributed by atoms with E-state index in [-0.39, 0.29) is 0 Å². The van der Waals surface area contributed by atoms with Gasteiger partial charge in [0, 0.05) is 12.8 Å². The van der Waals surface area contributed by atoms with Crippen LogP contribution in [0.5, 0.6) is 0 Å². The molecule has 0 amide bonds. The van der Waals surface area contributed by atoms with Crippen molar-refractivity contribution in [1.82, 2.24) is 0 Å². The van der Waals surface area contributed by atoms with Crippen molar-refractivity contribution >= 4 is 0 Å². The molecule has 0 radical (unpaired) electrons. The third-order valence-corrected chi connectivity index (χ3v) is 3.88. The fourth-order valence-corrected chi connectivity index (χ4v) is 2.57. The number of furan rings is 1. The van der Waals surface area contributed by atoms with Crippen molar-refractivity contribution in [2.45, 2.75) is 77.0 Å². The molecule has 0 aromatic carbocycles. The first-order valence-electron chi connectivity index (χ1n) is 8.66. The average molecular weight is 288 g/mol. The lowest BCUT2D eigenvalue weighted by molar-refractivity contribution is 0.446. The van der Waals surface area contributed by atoms with Crippen LogP contribution in [0.3, 0.4) is 0 Å². The van der Waals surface area contributed by atoms with Gasteiger partial charge in [-0.25, -0.2) is 0 Å². The molecular formula is C20H32O. The second-order valence-electron chi connectivity index (χ2n) is 5.85. The highest BCUT2D eigenvalue weighted by Gasteiger charge is 2.02. The Morgan fingerprint density at radius 3 is 1.52 bits per heavy atom. The van der Waals surface area contributed by atoms with E-state index in [2.05, 4.69) is 25.3 Å². The Labute approximate surface area is 131 Å². The Hall–Kier alpha value is -1.24. The van der Waals surface area contributed by atoms with Gasteiger partial charge in [-0.3, -0.25) is 0 Å². The lowest BCUT2D eigenvalue weighted by atomic mass is 10.1. The molecule has 0 unspecified atom stereocenters. The molecule has 0 atom stereocenters. The van der Waals surface area contributed by atoms with E-state index in [0.717, 1.165) is 25.7 Å². The zero-order valence-corrected chi connectivity index (χ0v) is 13.6. The summed E-state index contributed by atoms with van der Waals surface area (Å²) in [7, 11) is 0. The predicted octanol–water partition coefficient (Wildman–Crippen LogP) is 6.64. The van der Waals surface area contributed by atoms with E-state index in [0.29, 0.717) is 0 Å².